The number of thioether (sulfide) groups is 1. The highest BCUT2D eigenvalue weighted by atomic mass is 32.2. The molecule has 0 fully saturated rings. The van der Waals surface area contributed by atoms with Gasteiger partial charge in [-0.3, -0.25) is 38.4 Å². The van der Waals surface area contributed by atoms with Gasteiger partial charge in [-0.15, -0.1) is 11.8 Å². The van der Waals surface area contributed by atoms with Gasteiger partial charge in [0, 0.05) is 18.6 Å². The van der Waals surface area contributed by atoms with Crippen LogP contribution in [-0.2, 0) is 72.4 Å². The maximum Gasteiger partial charge on any atom is 0.408 e. The Bertz CT molecular complexity index is 3480. The summed E-state index contributed by atoms with van der Waals surface area (Å²) in [6, 6.07) is 46.4. The summed E-state index contributed by atoms with van der Waals surface area (Å²) in [5.74, 6) is -9.58. The van der Waals surface area contributed by atoms with Crippen molar-refractivity contribution in [2.45, 2.75) is 185 Å². The normalized spacial score (nSPS) is 13.5. The van der Waals surface area contributed by atoms with Crippen LogP contribution >= 0.6 is 11.8 Å². The van der Waals surface area contributed by atoms with Gasteiger partial charge in [-0.25, -0.2) is 9.59 Å². The highest BCUT2D eigenvalue weighted by Crippen LogP contribution is 2.49. The molecule has 6 rings (SSSR count). The zero-order valence-corrected chi connectivity index (χ0v) is 58.5. The lowest BCUT2D eigenvalue weighted by Gasteiger charge is -2.37. The quantitative estimate of drug-likeness (QED) is 0.0125. The summed E-state index contributed by atoms with van der Waals surface area (Å²) in [6.07, 6.45) is -4.69. The smallest absolute Gasteiger partial charge is 0.408 e. The topological polar surface area (TPSA) is 300 Å². The molecule has 0 radical (unpaired) electrons. The highest BCUT2D eigenvalue weighted by molar-refractivity contribution is 8.00. The fourth-order valence-electron chi connectivity index (χ4n) is 10.7. The van der Waals surface area contributed by atoms with E-state index in [1.54, 1.807) is 83.1 Å². The van der Waals surface area contributed by atoms with Gasteiger partial charge in [-0.05, 0) is 129 Å². The molecule has 0 aliphatic rings. The van der Waals surface area contributed by atoms with E-state index >= 15 is 24.0 Å². The fourth-order valence-corrected chi connectivity index (χ4v) is 12.3. The van der Waals surface area contributed by atoms with Gasteiger partial charge in [0.15, 0.2) is 0 Å². The van der Waals surface area contributed by atoms with Crippen molar-refractivity contribution in [1.29, 1.82) is 0 Å². The number of amides is 6. The zero-order valence-electron chi connectivity index (χ0n) is 57.7. The number of rotatable bonds is 30. The summed E-state index contributed by atoms with van der Waals surface area (Å²) in [5.41, 5.74) is -1.37. The molecule has 0 saturated carbocycles. The molecule has 0 bridgehead atoms. The molecule has 0 aromatic heterocycles. The van der Waals surface area contributed by atoms with Crippen molar-refractivity contribution in [2.24, 2.45) is 0 Å². The van der Waals surface area contributed by atoms with Crippen LogP contribution in [0.25, 0.3) is 0 Å². The summed E-state index contributed by atoms with van der Waals surface area (Å²) < 4.78 is 21.2. The van der Waals surface area contributed by atoms with E-state index in [0.717, 1.165) is 16.7 Å². The fraction of sp³-hybridized carbons (Fsp3) is 0.395. The van der Waals surface area contributed by atoms with Gasteiger partial charge in [0.05, 0.1) is 17.6 Å². The number of alkyl carbamates (subject to hydrolysis) is 1. The molecule has 0 aliphatic heterocycles. The van der Waals surface area contributed by atoms with E-state index in [2.05, 4.69) is 31.9 Å². The third-order valence-electron chi connectivity index (χ3n) is 14.8. The van der Waals surface area contributed by atoms with Crippen molar-refractivity contribution >= 4 is 71.3 Å². The van der Waals surface area contributed by atoms with Crippen molar-refractivity contribution in [3.63, 3.8) is 0 Å². The Balaban J connectivity index is 1.43. The molecule has 0 spiro atoms. The number of ether oxygens (including phenoxy) is 4. The summed E-state index contributed by atoms with van der Waals surface area (Å²) >= 11 is 1.23. The van der Waals surface area contributed by atoms with E-state index in [9.17, 15) is 29.1 Å². The Morgan fingerprint density at radius 3 is 1.02 bits per heavy atom. The maximum atomic E-state index is 15.4. The summed E-state index contributed by atoms with van der Waals surface area (Å²) in [7, 11) is 0. The van der Waals surface area contributed by atoms with Crippen molar-refractivity contribution in [2.75, 3.05) is 5.75 Å². The predicted octanol–water partition coefficient (Wildman–Crippen LogP) is 10.1. The second-order valence-corrected chi connectivity index (χ2v) is 28.7. The van der Waals surface area contributed by atoms with E-state index in [1.807, 2.05) is 182 Å². The van der Waals surface area contributed by atoms with Crippen LogP contribution in [0, 0.1) is 0 Å². The van der Waals surface area contributed by atoms with Crippen LogP contribution in [-0.4, -0.2) is 123 Å². The number of carboxylic acids is 1. The Morgan fingerprint density at radius 2 is 0.653 bits per heavy atom. The summed E-state index contributed by atoms with van der Waals surface area (Å²) in [4.78, 5) is 143. The Labute approximate surface area is 578 Å². The molecule has 7 N–H and O–H groups in total. The van der Waals surface area contributed by atoms with Crippen molar-refractivity contribution in [3.05, 3.63) is 215 Å². The lowest BCUT2D eigenvalue weighted by atomic mass is 9.77. The molecule has 0 saturated heterocycles. The maximum absolute atomic E-state index is 15.4. The van der Waals surface area contributed by atoms with Crippen molar-refractivity contribution < 1.29 is 72.0 Å². The Morgan fingerprint density at radius 1 is 0.357 bits per heavy atom. The monoisotopic (exact) mass is 1360 g/mol. The number of carboxylic acid groups (broad SMARTS) is 1. The standard InChI is InChI=1S/C76H92N6O15S/c1-71(2,3)94-62(84)45-43-56(65(87)80-60(68(90)78-57(69(91)92)44-46-63(85)95-72(4,5)6)49-98-76(53-37-25-16-26-38-53,54-39-27-17-28-40-54)55-41-29-18-30-42-55)77-67(89)59(48-64(86)96-73(7,8)9)79-66(88)58(81-70(93)97-74(10,11)12)47-61(83)82-75(50-31-19-13-20-32-50,51-33-21-14-22-34-51)52-35-23-15-24-36-52/h13-42,56-60H,43-49H2,1-12H3,(H,77,89)(H,78,90)(H,79,88)(H,80,87)(H,81,93)(H,82,83)(H,91,92)/t56-,57-,58-,59-,60-/m0/s1. The molecule has 522 valence electrons. The van der Waals surface area contributed by atoms with E-state index in [0.29, 0.717) is 16.7 Å². The molecular weight excluding hydrogens is 1270 g/mol. The highest BCUT2D eigenvalue weighted by Gasteiger charge is 2.43. The molecule has 5 atom stereocenters. The van der Waals surface area contributed by atoms with Gasteiger partial charge in [0.25, 0.3) is 0 Å². The molecule has 0 aliphatic carbocycles. The lowest BCUT2D eigenvalue weighted by molar-refractivity contribution is -0.157. The molecule has 6 aromatic rings. The molecular formula is C76H92N6O15S. The average molecular weight is 1360 g/mol. The van der Waals surface area contributed by atoms with Gasteiger partial charge < -0.3 is 56.0 Å². The van der Waals surface area contributed by atoms with E-state index in [4.69, 9.17) is 18.9 Å². The third-order valence-corrected chi connectivity index (χ3v) is 16.4. The molecule has 0 heterocycles. The van der Waals surface area contributed by atoms with Crippen LogP contribution in [0.2, 0.25) is 0 Å². The van der Waals surface area contributed by atoms with Crippen LogP contribution in [0.4, 0.5) is 4.79 Å². The molecule has 6 aromatic carbocycles. The van der Waals surface area contributed by atoms with Crippen LogP contribution in [0.15, 0.2) is 182 Å². The largest absolute Gasteiger partial charge is 0.480 e. The lowest BCUT2D eigenvalue weighted by Crippen LogP contribution is -2.60. The Hall–Kier alpha value is -9.83. The minimum atomic E-state index is -1.96. The molecule has 6 amide bonds. The molecule has 0 unspecified atom stereocenters. The first-order chi connectivity index (χ1) is 46.1. The van der Waals surface area contributed by atoms with Crippen molar-refractivity contribution in [1.82, 2.24) is 31.9 Å². The van der Waals surface area contributed by atoms with Gasteiger partial charge in [0.1, 0.15) is 58.2 Å². The number of benzene rings is 6. The molecule has 22 heteroatoms. The number of nitrogens with one attached hydrogen (secondary N) is 6. The number of hydrogen-bond acceptors (Lipinski definition) is 15. The van der Waals surface area contributed by atoms with Crippen LogP contribution in [0.5, 0.6) is 0 Å². The number of hydrogen-bond donors (Lipinski definition) is 7. The third kappa shape index (κ3) is 23.5. The second kappa shape index (κ2) is 34.4. The number of esters is 3. The minimum Gasteiger partial charge on any atom is -0.480 e. The van der Waals surface area contributed by atoms with Gasteiger partial charge in [-0.1, -0.05) is 182 Å². The van der Waals surface area contributed by atoms with Crippen LogP contribution in [0.1, 0.15) is 155 Å². The first-order valence-electron chi connectivity index (χ1n) is 32.4. The van der Waals surface area contributed by atoms with E-state index < -0.39 is 161 Å². The summed E-state index contributed by atoms with van der Waals surface area (Å²) in [6.45, 7) is 19.3. The number of carbonyl (C=O) groups is 10. The van der Waals surface area contributed by atoms with E-state index in [1.165, 1.54) is 11.8 Å². The second-order valence-electron chi connectivity index (χ2n) is 27.5. The first-order valence-corrected chi connectivity index (χ1v) is 33.4. The van der Waals surface area contributed by atoms with Gasteiger partial charge >= 0.3 is 30.0 Å². The zero-order chi connectivity index (χ0) is 72.1. The molecule has 98 heavy (non-hydrogen) atoms. The van der Waals surface area contributed by atoms with Crippen LogP contribution in [0.3, 0.4) is 0 Å². The number of carbonyl (C=O) groups excluding carboxylic acids is 9. The average Bonchev–Trinajstić information content (AvgIpc) is 0.762. The predicted molar refractivity (Wildman–Crippen MR) is 373 cm³/mol. The molecule has 21 nitrogen and oxygen atoms in total. The first kappa shape index (κ1) is 77.2. The van der Waals surface area contributed by atoms with Crippen LogP contribution < -0.4 is 31.9 Å². The Kier molecular flexibility index (Phi) is 27.1. The summed E-state index contributed by atoms with van der Waals surface area (Å²) in [5, 5.41) is 26.6. The van der Waals surface area contributed by atoms with E-state index in [-0.39, 0.29) is 5.75 Å². The van der Waals surface area contributed by atoms with Gasteiger partial charge in [-0.2, -0.15) is 0 Å². The van der Waals surface area contributed by atoms with Crippen molar-refractivity contribution in [3.8, 4) is 0 Å². The SMILES string of the molecule is CC(C)(C)OC(=O)CC[C@H](NC(=O)[C@H](CSC(c1ccccc1)(c1ccccc1)c1ccccc1)NC(=O)[C@H](CCC(=O)OC(C)(C)C)NC(=O)[C@H](CC(=O)OC(C)(C)C)NC(=O)[C@H](CC(=O)NC(c1ccccc1)(c1ccccc1)c1ccccc1)NC(=O)OC(C)(C)C)C(=O)O. The van der Waals surface area contributed by atoms with Gasteiger partial charge in [0.2, 0.25) is 29.5 Å². The minimum absolute atomic E-state index is 0.304. The number of aliphatic carboxylic acids is 1.